The lowest BCUT2D eigenvalue weighted by Gasteiger charge is -2.32. The number of ether oxygens (including phenoxy) is 2. The van der Waals surface area contributed by atoms with E-state index in [1.807, 2.05) is 0 Å². The Morgan fingerprint density at radius 2 is 1.90 bits per heavy atom. The summed E-state index contributed by atoms with van der Waals surface area (Å²) in [5.74, 6) is -1.26. The Balaban J connectivity index is 1.67. The minimum Gasteiger partial charge on any atom is -0.494 e. The first-order valence-corrected chi connectivity index (χ1v) is 14.2. The van der Waals surface area contributed by atoms with Gasteiger partial charge in [-0.15, -0.1) is 0 Å². The number of carbonyl (C=O) groups excluding carboxylic acids is 1. The molecule has 2 aromatic rings. The molecular weight excluding hydrogens is 499 g/mol. The van der Waals surface area contributed by atoms with Crippen LogP contribution in [-0.4, -0.2) is 53.7 Å². The Morgan fingerprint density at radius 3 is 2.62 bits per heavy atom. The molecule has 0 bridgehead atoms. The fourth-order valence-electron chi connectivity index (χ4n) is 4.99. The normalized spacial score (nSPS) is 13.7. The van der Waals surface area contributed by atoms with E-state index in [0.717, 1.165) is 37.8 Å². The number of fused-ring (bicyclic) bond motifs is 1. The maximum atomic E-state index is 14.5. The van der Waals surface area contributed by atoms with E-state index >= 15 is 0 Å². The van der Waals surface area contributed by atoms with E-state index in [1.54, 1.807) is 11.0 Å². The zero-order valence-electron chi connectivity index (χ0n) is 23.6. The molecule has 1 atom stereocenters. The number of halogens is 1. The Bertz CT molecular complexity index is 1090. The van der Waals surface area contributed by atoms with Crippen LogP contribution in [0, 0.1) is 11.7 Å². The Kier molecular flexibility index (Phi) is 12.2. The van der Waals surface area contributed by atoms with Crippen molar-refractivity contribution in [2.24, 2.45) is 5.92 Å². The summed E-state index contributed by atoms with van der Waals surface area (Å²) in [4.78, 5) is 31.6. The zero-order valence-corrected chi connectivity index (χ0v) is 23.6. The predicted molar refractivity (Wildman–Crippen MR) is 148 cm³/mol. The topological polar surface area (TPSA) is 89.0 Å². The van der Waals surface area contributed by atoms with E-state index in [1.165, 1.54) is 43.3 Å². The number of aromatic nitrogens is 1. The number of amides is 1. The molecule has 8 heteroatoms. The van der Waals surface area contributed by atoms with E-state index in [0.29, 0.717) is 24.5 Å². The first kappa shape index (κ1) is 30.5. The van der Waals surface area contributed by atoms with Gasteiger partial charge in [0.05, 0.1) is 26.2 Å². The summed E-state index contributed by atoms with van der Waals surface area (Å²) >= 11 is 0. The van der Waals surface area contributed by atoms with Crippen molar-refractivity contribution in [1.29, 1.82) is 0 Å². The lowest BCUT2D eigenvalue weighted by atomic mass is 9.95. The summed E-state index contributed by atoms with van der Waals surface area (Å²) in [7, 11) is 1.37. The molecule has 0 radical (unpaired) electrons. The number of rotatable bonds is 16. The van der Waals surface area contributed by atoms with Gasteiger partial charge >= 0.3 is 5.97 Å². The second kappa shape index (κ2) is 15.6. The van der Waals surface area contributed by atoms with Gasteiger partial charge in [-0.1, -0.05) is 26.0 Å². The van der Waals surface area contributed by atoms with Crippen molar-refractivity contribution in [2.75, 3.05) is 26.9 Å². The Hall–Kier alpha value is -3.00. The van der Waals surface area contributed by atoms with Gasteiger partial charge in [0.2, 0.25) is 5.91 Å². The summed E-state index contributed by atoms with van der Waals surface area (Å²) in [5, 5.41) is 9.65. The van der Waals surface area contributed by atoms with Crippen LogP contribution in [0.4, 0.5) is 4.39 Å². The van der Waals surface area contributed by atoms with Crippen LogP contribution in [-0.2, 0) is 33.6 Å². The molecule has 0 saturated carbocycles. The van der Waals surface area contributed by atoms with Crippen molar-refractivity contribution in [3.63, 3.8) is 0 Å². The van der Waals surface area contributed by atoms with Crippen LogP contribution >= 0.6 is 0 Å². The molecule has 1 aromatic carbocycles. The third-order valence-corrected chi connectivity index (χ3v) is 7.25. The average Bonchev–Trinajstić information content (AvgIpc) is 2.91. The largest absolute Gasteiger partial charge is 0.494 e. The number of hydrogen-bond acceptors (Lipinski definition) is 5. The highest BCUT2D eigenvalue weighted by Gasteiger charge is 2.28. The number of benzene rings is 1. The van der Waals surface area contributed by atoms with Gasteiger partial charge in [0.15, 0.2) is 11.6 Å². The molecular formula is C31H43FN2O5. The van der Waals surface area contributed by atoms with Crippen LogP contribution < -0.4 is 4.74 Å². The smallest absolute Gasteiger partial charge is 0.305 e. The number of nitrogens with zero attached hydrogens (tertiary/aromatic N) is 2. The SMILES string of the molecule is COc1ccc([C@H](CC(=O)O)N(CCOCCC(C)C)C(=O)CCCCc2ccc3c(n2)CCCC3)cc1F. The van der Waals surface area contributed by atoms with E-state index in [-0.39, 0.29) is 37.6 Å². The molecule has 7 nitrogen and oxygen atoms in total. The van der Waals surface area contributed by atoms with Crippen LogP contribution in [0.5, 0.6) is 5.75 Å². The second-order valence-electron chi connectivity index (χ2n) is 10.7. The van der Waals surface area contributed by atoms with Gasteiger partial charge < -0.3 is 19.5 Å². The number of aryl methyl sites for hydroxylation is 3. The molecule has 0 spiro atoms. The van der Waals surface area contributed by atoms with Crippen molar-refractivity contribution in [3.05, 3.63) is 58.7 Å². The molecule has 3 rings (SSSR count). The quantitative estimate of drug-likeness (QED) is 0.265. The lowest BCUT2D eigenvalue weighted by molar-refractivity contribution is -0.141. The molecule has 214 valence electrons. The fraction of sp³-hybridized carbons (Fsp3) is 0.581. The van der Waals surface area contributed by atoms with Crippen molar-refractivity contribution >= 4 is 11.9 Å². The first-order chi connectivity index (χ1) is 18.8. The van der Waals surface area contributed by atoms with Gasteiger partial charge in [-0.25, -0.2) is 4.39 Å². The zero-order chi connectivity index (χ0) is 28.2. The van der Waals surface area contributed by atoms with Gasteiger partial charge in [-0.2, -0.15) is 0 Å². The monoisotopic (exact) mass is 542 g/mol. The molecule has 1 N–H and O–H groups in total. The second-order valence-corrected chi connectivity index (χ2v) is 10.7. The molecule has 1 amide bonds. The number of carbonyl (C=O) groups is 2. The molecule has 1 aliphatic rings. The highest BCUT2D eigenvalue weighted by molar-refractivity contribution is 5.78. The summed E-state index contributed by atoms with van der Waals surface area (Å²) in [6.07, 6.45) is 7.63. The molecule has 1 heterocycles. The molecule has 0 aliphatic heterocycles. The van der Waals surface area contributed by atoms with Crippen molar-refractivity contribution in [3.8, 4) is 5.75 Å². The third-order valence-electron chi connectivity index (χ3n) is 7.25. The highest BCUT2D eigenvalue weighted by atomic mass is 19.1. The first-order valence-electron chi connectivity index (χ1n) is 14.2. The van der Waals surface area contributed by atoms with Gasteiger partial charge in [0.1, 0.15) is 0 Å². The van der Waals surface area contributed by atoms with Crippen LogP contribution in [0.25, 0.3) is 0 Å². The van der Waals surface area contributed by atoms with Gasteiger partial charge in [-0.3, -0.25) is 14.6 Å². The Morgan fingerprint density at radius 1 is 1.10 bits per heavy atom. The predicted octanol–water partition coefficient (Wildman–Crippen LogP) is 5.93. The highest BCUT2D eigenvalue weighted by Crippen LogP contribution is 2.29. The summed E-state index contributed by atoms with van der Waals surface area (Å²) in [6, 6.07) is 7.81. The third kappa shape index (κ3) is 9.60. The van der Waals surface area contributed by atoms with Crippen LogP contribution in [0.15, 0.2) is 30.3 Å². The number of methoxy groups -OCH3 is 1. The maximum Gasteiger partial charge on any atom is 0.305 e. The fourth-order valence-corrected chi connectivity index (χ4v) is 4.99. The van der Waals surface area contributed by atoms with Crippen molar-refractivity contribution < 1.29 is 28.6 Å². The number of carboxylic acids is 1. The molecule has 0 fully saturated rings. The van der Waals surface area contributed by atoms with Crippen LogP contribution in [0.3, 0.4) is 0 Å². The summed E-state index contributed by atoms with van der Waals surface area (Å²) in [5.41, 5.74) is 4.04. The van der Waals surface area contributed by atoms with Crippen molar-refractivity contribution in [1.82, 2.24) is 9.88 Å². The number of pyridine rings is 1. The minimum atomic E-state index is -1.06. The number of hydrogen-bond donors (Lipinski definition) is 1. The van der Waals surface area contributed by atoms with Gasteiger partial charge in [0.25, 0.3) is 0 Å². The number of aliphatic carboxylic acids is 1. The lowest BCUT2D eigenvalue weighted by Crippen LogP contribution is -2.38. The summed E-state index contributed by atoms with van der Waals surface area (Å²) < 4.78 is 25.3. The molecule has 0 unspecified atom stereocenters. The average molecular weight is 543 g/mol. The molecule has 1 aromatic heterocycles. The van der Waals surface area contributed by atoms with Gasteiger partial charge in [0, 0.05) is 31.0 Å². The number of carboxylic acid groups (broad SMARTS) is 1. The van der Waals surface area contributed by atoms with Crippen LogP contribution in [0.1, 0.15) is 87.3 Å². The molecule has 39 heavy (non-hydrogen) atoms. The standard InChI is InChI=1S/C31H43FN2O5/c1-22(2)16-18-39-19-17-34(28(21-31(36)37)24-13-15-29(38-3)26(32)20-24)30(35)11-7-5-9-25-14-12-23-8-4-6-10-27(23)33-25/h12-15,20,22,28H,4-11,16-19,21H2,1-3H3,(H,36,37)/t28-/m0/s1. The maximum absolute atomic E-state index is 14.5. The van der Waals surface area contributed by atoms with E-state index in [9.17, 15) is 19.1 Å². The number of unbranched alkanes of at least 4 members (excludes halogenated alkanes) is 1. The molecule has 0 saturated heterocycles. The van der Waals surface area contributed by atoms with E-state index < -0.39 is 17.8 Å². The Labute approximate surface area is 231 Å². The summed E-state index contributed by atoms with van der Waals surface area (Å²) in [6.45, 7) is 5.30. The van der Waals surface area contributed by atoms with Gasteiger partial charge in [-0.05, 0) is 86.6 Å². The van der Waals surface area contributed by atoms with Crippen LogP contribution in [0.2, 0.25) is 0 Å². The van der Waals surface area contributed by atoms with Crippen molar-refractivity contribution in [2.45, 2.75) is 84.1 Å². The molecule has 1 aliphatic carbocycles. The van der Waals surface area contributed by atoms with E-state index in [2.05, 4.69) is 26.0 Å². The minimum absolute atomic E-state index is 0.0681. The van der Waals surface area contributed by atoms with E-state index in [4.69, 9.17) is 14.5 Å².